The lowest BCUT2D eigenvalue weighted by molar-refractivity contribution is 0.674. The summed E-state index contributed by atoms with van der Waals surface area (Å²) in [4.78, 5) is 15.5. The summed E-state index contributed by atoms with van der Waals surface area (Å²) < 4.78 is 6.97. The van der Waals surface area contributed by atoms with Crippen LogP contribution >= 0.6 is 0 Å². The van der Waals surface area contributed by atoms with Gasteiger partial charge in [-0.25, -0.2) is 15.0 Å². The van der Waals surface area contributed by atoms with E-state index in [-0.39, 0.29) is 0 Å². The second-order valence-electron chi connectivity index (χ2n) is 14.0. The van der Waals surface area contributed by atoms with E-state index in [4.69, 9.17) is 19.4 Å². The fraction of sp³-hybridized carbons (Fsp3) is 0. The van der Waals surface area contributed by atoms with Crippen molar-refractivity contribution >= 4 is 54.3 Å². The van der Waals surface area contributed by atoms with Gasteiger partial charge in [0.2, 0.25) is 0 Å². The summed E-state index contributed by atoms with van der Waals surface area (Å²) in [6, 6.07) is 65.8. The number of hydrogen-bond acceptors (Lipinski definition) is 4. The molecule has 0 fully saturated rings. The van der Waals surface area contributed by atoms with Crippen LogP contribution < -0.4 is 0 Å². The highest BCUT2D eigenvalue weighted by atomic mass is 16.3. The quantitative estimate of drug-likeness (QED) is 0.179. The van der Waals surface area contributed by atoms with Crippen LogP contribution in [-0.4, -0.2) is 15.0 Å². The SMILES string of the molecule is c1ccc(-c2nc(-c3ccc(-c4ccc5ccccc5c4)cc3)nc(-c3ccc(-c4ccc5ccccc5c4)c4oc5c6ccccc6ccc5c34)n2)cc1. The summed E-state index contributed by atoms with van der Waals surface area (Å²) >= 11 is 0. The minimum Gasteiger partial charge on any atom is -0.455 e. The normalized spacial score (nSPS) is 11.6. The predicted octanol–water partition coefficient (Wildman–Crippen LogP) is 13.6. The predicted molar refractivity (Wildman–Crippen MR) is 227 cm³/mol. The molecule has 2 aromatic heterocycles. The molecule has 2 heterocycles. The first-order valence-electron chi connectivity index (χ1n) is 18.5. The molecule has 0 bridgehead atoms. The second kappa shape index (κ2) is 12.6. The number of fused-ring (bicyclic) bond motifs is 7. The number of benzene rings is 9. The Kier molecular flexibility index (Phi) is 7.14. The van der Waals surface area contributed by atoms with Crippen LogP contribution in [0, 0.1) is 0 Å². The van der Waals surface area contributed by atoms with Gasteiger partial charge in [0, 0.05) is 38.4 Å². The van der Waals surface area contributed by atoms with Crippen LogP contribution in [0.4, 0.5) is 0 Å². The Morgan fingerprint density at radius 2 is 0.800 bits per heavy atom. The first kappa shape index (κ1) is 31.1. The Labute approximate surface area is 317 Å². The highest BCUT2D eigenvalue weighted by Crippen LogP contribution is 2.44. The maximum Gasteiger partial charge on any atom is 0.164 e. The minimum atomic E-state index is 0.591. The molecule has 0 atom stereocenters. The van der Waals surface area contributed by atoms with E-state index in [9.17, 15) is 0 Å². The lowest BCUT2D eigenvalue weighted by Crippen LogP contribution is -2.00. The third kappa shape index (κ3) is 5.34. The first-order chi connectivity index (χ1) is 27.2. The van der Waals surface area contributed by atoms with Crippen molar-refractivity contribution in [1.29, 1.82) is 0 Å². The zero-order chi connectivity index (χ0) is 36.3. The Hall–Kier alpha value is -7.43. The van der Waals surface area contributed by atoms with Crippen molar-refractivity contribution < 1.29 is 4.42 Å². The molecule has 0 amide bonds. The number of nitrogens with zero attached hydrogens (tertiary/aromatic N) is 3. The molecule has 9 aromatic carbocycles. The topological polar surface area (TPSA) is 51.8 Å². The summed E-state index contributed by atoms with van der Waals surface area (Å²) in [6.07, 6.45) is 0. The summed E-state index contributed by atoms with van der Waals surface area (Å²) in [5, 5.41) is 9.03. The Morgan fingerprint density at radius 1 is 0.291 bits per heavy atom. The fourth-order valence-corrected chi connectivity index (χ4v) is 7.90. The molecule has 0 spiro atoms. The van der Waals surface area contributed by atoms with Gasteiger partial charge in [-0.15, -0.1) is 0 Å². The van der Waals surface area contributed by atoms with Gasteiger partial charge in [-0.3, -0.25) is 0 Å². The van der Waals surface area contributed by atoms with Gasteiger partial charge in [0.05, 0.1) is 0 Å². The van der Waals surface area contributed by atoms with Gasteiger partial charge < -0.3 is 4.42 Å². The largest absolute Gasteiger partial charge is 0.455 e. The summed E-state index contributed by atoms with van der Waals surface area (Å²) in [6.45, 7) is 0. The Morgan fingerprint density at radius 3 is 1.53 bits per heavy atom. The number of aromatic nitrogens is 3. The molecular weight excluding hydrogens is 671 g/mol. The van der Waals surface area contributed by atoms with Crippen molar-refractivity contribution in [3.63, 3.8) is 0 Å². The summed E-state index contributed by atoms with van der Waals surface area (Å²) in [7, 11) is 0. The molecule has 0 radical (unpaired) electrons. The molecule has 4 nitrogen and oxygen atoms in total. The number of hydrogen-bond donors (Lipinski definition) is 0. The van der Waals surface area contributed by atoms with Crippen molar-refractivity contribution in [3.05, 3.63) is 188 Å². The van der Waals surface area contributed by atoms with Crippen LogP contribution in [0.25, 0.3) is 111 Å². The van der Waals surface area contributed by atoms with Crippen molar-refractivity contribution in [2.45, 2.75) is 0 Å². The molecular formula is C51H31N3O. The van der Waals surface area contributed by atoms with Gasteiger partial charge in [-0.2, -0.15) is 0 Å². The van der Waals surface area contributed by atoms with Gasteiger partial charge in [0.1, 0.15) is 11.2 Å². The number of rotatable bonds is 5. The standard InChI is InChI=1S/C51H31N3O/c1-2-13-36(14-3-1)49-52-50(37-22-18-34(19-23-37)40-24-20-32-10-4-6-15-38(32)30-40)54-51(53-49)45-29-28-43(41-25-21-33-11-5-7-16-39(33)31-41)48-46(45)44-27-26-35-12-8-9-17-42(35)47(44)55-48/h1-31H. The van der Waals surface area contributed by atoms with Crippen LogP contribution in [0.1, 0.15) is 0 Å². The second-order valence-corrected chi connectivity index (χ2v) is 14.0. The maximum absolute atomic E-state index is 6.97. The molecule has 0 saturated heterocycles. The maximum atomic E-state index is 6.97. The van der Waals surface area contributed by atoms with Crippen molar-refractivity contribution in [2.24, 2.45) is 0 Å². The first-order valence-corrected chi connectivity index (χ1v) is 18.5. The monoisotopic (exact) mass is 701 g/mol. The van der Waals surface area contributed by atoms with E-state index >= 15 is 0 Å². The van der Waals surface area contributed by atoms with Crippen molar-refractivity contribution in [3.8, 4) is 56.4 Å². The van der Waals surface area contributed by atoms with Crippen LogP contribution in [0.15, 0.2) is 192 Å². The van der Waals surface area contributed by atoms with Crippen LogP contribution in [-0.2, 0) is 0 Å². The molecule has 0 N–H and O–H groups in total. The van der Waals surface area contributed by atoms with E-state index in [2.05, 4.69) is 158 Å². The van der Waals surface area contributed by atoms with Crippen LogP contribution in [0.5, 0.6) is 0 Å². The van der Waals surface area contributed by atoms with Crippen LogP contribution in [0.2, 0.25) is 0 Å². The average molecular weight is 702 g/mol. The lowest BCUT2D eigenvalue weighted by Gasteiger charge is -2.11. The summed E-state index contributed by atoms with van der Waals surface area (Å²) in [5.74, 6) is 1.82. The molecule has 0 saturated carbocycles. The molecule has 0 aliphatic rings. The zero-order valence-electron chi connectivity index (χ0n) is 29.6. The van der Waals surface area contributed by atoms with E-state index in [1.165, 1.54) is 27.1 Å². The molecule has 11 rings (SSSR count). The fourth-order valence-electron chi connectivity index (χ4n) is 7.90. The van der Waals surface area contributed by atoms with Gasteiger partial charge >= 0.3 is 0 Å². The highest BCUT2D eigenvalue weighted by molar-refractivity contribution is 6.21. The Bertz CT molecular complexity index is 3260. The molecule has 0 aliphatic carbocycles. The smallest absolute Gasteiger partial charge is 0.164 e. The molecule has 0 unspecified atom stereocenters. The van der Waals surface area contributed by atoms with Crippen molar-refractivity contribution in [1.82, 2.24) is 15.0 Å². The molecule has 55 heavy (non-hydrogen) atoms. The van der Waals surface area contributed by atoms with E-state index < -0.39 is 0 Å². The Balaban J connectivity index is 1.12. The lowest BCUT2D eigenvalue weighted by atomic mass is 9.96. The summed E-state index contributed by atoms with van der Waals surface area (Å²) in [5.41, 5.74) is 8.80. The number of furan rings is 1. The molecule has 0 aliphatic heterocycles. The molecule has 4 heteroatoms. The van der Waals surface area contributed by atoms with E-state index in [0.717, 1.165) is 66.1 Å². The van der Waals surface area contributed by atoms with Gasteiger partial charge in [-0.05, 0) is 74.0 Å². The third-order valence-corrected chi connectivity index (χ3v) is 10.7. The third-order valence-electron chi connectivity index (χ3n) is 10.7. The van der Waals surface area contributed by atoms with E-state index in [1.807, 2.05) is 30.3 Å². The van der Waals surface area contributed by atoms with E-state index in [0.29, 0.717) is 17.5 Å². The van der Waals surface area contributed by atoms with E-state index in [1.54, 1.807) is 0 Å². The van der Waals surface area contributed by atoms with Crippen LogP contribution in [0.3, 0.4) is 0 Å². The van der Waals surface area contributed by atoms with Gasteiger partial charge in [0.25, 0.3) is 0 Å². The van der Waals surface area contributed by atoms with Gasteiger partial charge in [-0.1, -0.05) is 158 Å². The highest BCUT2D eigenvalue weighted by Gasteiger charge is 2.22. The minimum absolute atomic E-state index is 0.591. The molecule has 11 aromatic rings. The average Bonchev–Trinajstić information content (AvgIpc) is 3.66. The zero-order valence-corrected chi connectivity index (χ0v) is 29.6. The van der Waals surface area contributed by atoms with Gasteiger partial charge in [0.15, 0.2) is 17.5 Å². The van der Waals surface area contributed by atoms with Crippen molar-refractivity contribution in [2.75, 3.05) is 0 Å². The molecule has 256 valence electrons.